The van der Waals surface area contributed by atoms with Gasteiger partial charge in [0.1, 0.15) is 23.5 Å². The van der Waals surface area contributed by atoms with Crippen molar-refractivity contribution in [2.45, 2.75) is 44.9 Å². The van der Waals surface area contributed by atoms with Crippen molar-refractivity contribution in [2.24, 2.45) is 4.99 Å². The number of fused-ring (bicyclic) bond motifs is 1. The van der Waals surface area contributed by atoms with Crippen molar-refractivity contribution in [3.8, 4) is 0 Å². The van der Waals surface area contributed by atoms with E-state index in [2.05, 4.69) is 25.7 Å². The lowest BCUT2D eigenvalue weighted by molar-refractivity contribution is 0.0436. The van der Waals surface area contributed by atoms with Crippen LogP contribution in [0.25, 0.3) is 0 Å². The van der Waals surface area contributed by atoms with Crippen molar-refractivity contribution < 1.29 is 9.52 Å². The van der Waals surface area contributed by atoms with E-state index in [1.54, 1.807) is 31.6 Å². The third kappa shape index (κ3) is 3.76. The predicted molar refractivity (Wildman–Crippen MR) is 89.5 cm³/mol. The van der Waals surface area contributed by atoms with Crippen molar-refractivity contribution >= 4 is 5.96 Å². The maximum atomic E-state index is 10.5. The molecule has 1 aliphatic rings. The first-order valence-corrected chi connectivity index (χ1v) is 8.26. The standard InChI is InChI=1S/C16H24N6O2/c1-3-17-15(18-10-16(2,23)13-5-4-8-24-13)21-12-6-7-14-19-11-20-22(14)9-12/h4-5,8,11-12,23H,3,6-7,9-10H2,1-2H3,(H2,17,18,21). The van der Waals surface area contributed by atoms with Gasteiger partial charge >= 0.3 is 0 Å². The van der Waals surface area contributed by atoms with Crippen molar-refractivity contribution in [3.05, 3.63) is 36.3 Å². The average Bonchev–Trinajstić information content (AvgIpc) is 3.24. The SMILES string of the molecule is CCNC(=NCC(C)(O)c1ccco1)NC1CCc2ncnn2C1. The molecule has 2 unspecified atom stereocenters. The highest BCUT2D eigenvalue weighted by Crippen LogP contribution is 2.21. The van der Waals surface area contributed by atoms with Crippen LogP contribution in [0.3, 0.4) is 0 Å². The van der Waals surface area contributed by atoms with E-state index in [-0.39, 0.29) is 12.6 Å². The zero-order chi connectivity index (χ0) is 17.0. The summed E-state index contributed by atoms with van der Waals surface area (Å²) in [5, 5.41) is 21.4. The highest BCUT2D eigenvalue weighted by Gasteiger charge is 2.26. The van der Waals surface area contributed by atoms with Crippen molar-refractivity contribution in [3.63, 3.8) is 0 Å². The first kappa shape index (κ1) is 16.5. The maximum Gasteiger partial charge on any atom is 0.191 e. The molecule has 0 saturated carbocycles. The minimum absolute atomic E-state index is 0.205. The van der Waals surface area contributed by atoms with Gasteiger partial charge in [0.05, 0.1) is 19.4 Å². The molecule has 3 heterocycles. The molecule has 8 nitrogen and oxygen atoms in total. The van der Waals surface area contributed by atoms with E-state index in [1.165, 1.54) is 0 Å². The number of hydrogen-bond acceptors (Lipinski definition) is 5. The molecule has 2 aromatic heterocycles. The van der Waals surface area contributed by atoms with E-state index < -0.39 is 5.60 Å². The van der Waals surface area contributed by atoms with Crippen LogP contribution >= 0.6 is 0 Å². The fourth-order valence-electron chi connectivity index (χ4n) is 2.76. The lowest BCUT2D eigenvalue weighted by atomic mass is 10.0. The number of aryl methyl sites for hydroxylation is 1. The van der Waals surface area contributed by atoms with Crippen molar-refractivity contribution in [1.29, 1.82) is 0 Å². The Balaban J connectivity index is 1.64. The summed E-state index contributed by atoms with van der Waals surface area (Å²) in [5.41, 5.74) is -1.14. The number of nitrogens with one attached hydrogen (secondary N) is 2. The van der Waals surface area contributed by atoms with Gasteiger partial charge in [-0.2, -0.15) is 5.10 Å². The highest BCUT2D eigenvalue weighted by atomic mass is 16.4. The quantitative estimate of drug-likeness (QED) is 0.549. The van der Waals surface area contributed by atoms with Crippen LogP contribution in [0.1, 0.15) is 31.9 Å². The van der Waals surface area contributed by atoms with Gasteiger partial charge in [-0.3, -0.25) is 0 Å². The van der Waals surface area contributed by atoms with Gasteiger partial charge in [-0.1, -0.05) is 0 Å². The Morgan fingerprint density at radius 3 is 3.21 bits per heavy atom. The van der Waals surface area contributed by atoms with Gasteiger partial charge in [0.2, 0.25) is 0 Å². The molecule has 0 spiro atoms. The molecular formula is C16H24N6O2. The number of aliphatic imine (C=N–C) groups is 1. The first-order chi connectivity index (χ1) is 11.6. The van der Waals surface area contributed by atoms with Crippen LogP contribution in [0.5, 0.6) is 0 Å². The molecular weight excluding hydrogens is 308 g/mol. The molecule has 0 radical (unpaired) electrons. The Morgan fingerprint density at radius 2 is 2.46 bits per heavy atom. The Morgan fingerprint density at radius 1 is 1.58 bits per heavy atom. The number of hydrogen-bond donors (Lipinski definition) is 3. The molecule has 0 saturated heterocycles. The molecule has 0 amide bonds. The lowest BCUT2D eigenvalue weighted by Crippen LogP contribution is -2.47. The third-order valence-electron chi connectivity index (χ3n) is 4.09. The van der Waals surface area contributed by atoms with Crippen LogP contribution in [0, 0.1) is 0 Å². The summed E-state index contributed by atoms with van der Waals surface area (Å²) >= 11 is 0. The van der Waals surface area contributed by atoms with Gasteiger partial charge in [-0.25, -0.2) is 14.7 Å². The van der Waals surface area contributed by atoms with Gasteiger partial charge in [0.15, 0.2) is 5.96 Å². The molecule has 3 rings (SSSR count). The van der Waals surface area contributed by atoms with Crippen LogP contribution in [0.15, 0.2) is 34.1 Å². The Labute approximate surface area is 141 Å². The Bertz CT molecular complexity index is 677. The fourth-order valence-corrected chi connectivity index (χ4v) is 2.76. The highest BCUT2D eigenvalue weighted by molar-refractivity contribution is 5.80. The first-order valence-electron chi connectivity index (χ1n) is 8.26. The second-order valence-corrected chi connectivity index (χ2v) is 6.18. The average molecular weight is 332 g/mol. The van der Waals surface area contributed by atoms with E-state index in [0.717, 1.165) is 31.8 Å². The van der Waals surface area contributed by atoms with Gasteiger partial charge in [0.25, 0.3) is 0 Å². The van der Waals surface area contributed by atoms with Crippen LogP contribution in [-0.4, -0.2) is 45.0 Å². The zero-order valence-electron chi connectivity index (χ0n) is 14.1. The normalized spacial score (nSPS) is 20.3. The zero-order valence-corrected chi connectivity index (χ0v) is 14.1. The molecule has 0 aliphatic carbocycles. The minimum Gasteiger partial charge on any atom is -0.466 e. The van der Waals surface area contributed by atoms with Gasteiger partial charge < -0.3 is 20.2 Å². The molecule has 24 heavy (non-hydrogen) atoms. The molecule has 130 valence electrons. The van der Waals surface area contributed by atoms with E-state index in [9.17, 15) is 5.11 Å². The summed E-state index contributed by atoms with van der Waals surface area (Å²) in [5.74, 6) is 2.21. The summed E-state index contributed by atoms with van der Waals surface area (Å²) in [4.78, 5) is 8.76. The lowest BCUT2D eigenvalue weighted by Gasteiger charge is -2.26. The number of guanidine groups is 1. The minimum atomic E-state index is -1.14. The topological polar surface area (TPSA) is 100 Å². The fraction of sp³-hybridized carbons (Fsp3) is 0.562. The molecule has 3 N–H and O–H groups in total. The Kier molecular flexibility index (Phi) is 4.84. The summed E-state index contributed by atoms with van der Waals surface area (Å²) < 4.78 is 7.21. The van der Waals surface area contributed by atoms with Crippen LogP contribution < -0.4 is 10.6 Å². The van der Waals surface area contributed by atoms with Crippen LogP contribution in [0.2, 0.25) is 0 Å². The van der Waals surface area contributed by atoms with Crippen molar-refractivity contribution in [1.82, 2.24) is 25.4 Å². The maximum absolute atomic E-state index is 10.5. The van der Waals surface area contributed by atoms with E-state index in [1.807, 2.05) is 11.6 Å². The second kappa shape index (κ2) is 7.04. The van der Waals surface area contributed by atoms with Crippen LogP contribution in [-0.2, 0) is 18.6 Å². The molecule has 0 aromatic carbocycles. The van der Waals surface area contributed by atoms with Crippen molar-refractivity contribution in [2.75, 3.05) is 13.1 Å². The molecule has 0 fully saturated rings. The smallest absolute Gasteiger partial charge is 0.191 e. The van der Waals surface area contributed by atoms with E-state index in [0.29, 0.717) is 11.7 Å². The third-order valence-corrected chi connectivity index (χ3v) is 4.09. The number of rotatable bonds is 5. The van der Waals surface area contributed by atoms with E-state index >= 15 is 0 Å². The van der Waals surface area contributed by atoms with E-state index in [4.69, 9.17) is 4.42 Å². The van der Waals surface area contributed by atoms with Crippen LogP contribution in [0.4, 0.5) is 0 Å². The number of aliphatic hydroxyl groups is 1. The molecule has 0 bridgehead atoms. The van der Waals surface area contributed by atoms with Gasteiger partial charge in [-0.05, 0) is 32.4 Å². The predicted octanol–water partition coefficient (Wildman–Crippen LogP) is 0.649. The monoisotopic (exact) mass is 332 g/mol. The second-order valence-electron chi connectivity index (χ2n) is 6.18. The number of aromatic nitrogens is 3. The number of nitrogens with zero attached hydrogens (tertiary/aromatic N) is 4. The largest absolute Gasteiger partial charge is 0.466 e. The number of furan rings is 1. The molecule has 1 aliphatic heterocycles. The van der Waals surface area contributed by atoms with Gasteiger partial charge in [0, 0.05) is 19.0 Å². The Hall–Kier alpha value is -2.35. The molecule has 8 heteroatoms. The summed E-state index contributed by atoms with van der Waals surface area (Å²) in [6.07, 6.45) is 5.01. The van der Waals surface area contributed by atoms with Gasteiger partial charge in [-0.15, -0.1) is 0 Å². The molecule has 2 atom stereocenters. The summed E-state index contributed by atoms with van der Waals surface area (Å²) in [6.45, 7) is 5.42. The summed E-state index contributed by atoms with van der Waals surface area (Å²) in [6, 6.07) is 3.74. The molecule has 2 aromatic rings. The summed E-state index contributed by atoms with van der Waals surface area (Å²) in [7, 11) is 0.